The van der Waals surface area contributed by atoms with Gasteiger partial charge in [-0.15, -0.1) is 11.6 Å². The molecule has 1 aliphatic carbocycles. The summed E-state index contributed by atoms with van der Waals surface area (Å²) in [4.78, 5) is 0. The van der Waals surface area contributed by atoms with Crippen molar-refractivity contribution in [3.8, 4) is 0 Å². The Balaban J connectivity index is 2.30. The van der Waals surface area contributed by atoms with E-state index in [-0.39, 0.29) is 5.88 Å². The molecule has 0 unspecified atom stereocenters. The highest BCUT2D eigenvalue weighted by Crippen LogP contribution is 2.25. The molecule has 1 aromatic carbocycles. The van der Waals surface area contributed by atoms with Crippen LogP contribution in [0.2, 0.25) is 0 Å². The van der Waals surface area contributed by atoms with E-state index in [0.717, 1.165) is 12.0 Å². The smallest absolute Gasteiger partial charge is 0.0925 e. The number of aryl methyl sites for hydroxylation is 2. The van der Waals surface area contributed by atoms with Crippen LogP contribution in [0.15, 0.2) is 18.2 Å². The standard InChI is InChI=1S/C11H13ClO/c12-7-11(13)10-5-4-8-2-1-3-9(8)6-10/h4-6,11,13H,1-3,7H2/t11-/m1/s1. The van der Waals surface area contributed by atoms with Gasteiger partial charge in [0.05, 0.1) is 12.0 Å². The van der Waals surface area contributed by atoms with Crippen molar-refractivity contribution in [3.05, 3.63) is 34.9 Å². The first-order valence-corrected chi connectivity index (χ1v) is 5.20. The Hall–Kier alpha value is -0.530. The molecular weight excluding hydrogens is 184 g/mol. The predicted octanol–water partition coefficient (Wildman–Crippen LogP) is 2.45. The zero-order chi connectivity index (χ0) is 9.26. The fourth-order valence-electron chi connectivity index (χ4n) is 1.89. The van der Waals surface area contributed by atoms with E-state index in [1.54, 1.807) is 0 Å². The minimum atomic E-state index is -0.507. The van der Waals surface area contributed by atoms with Crippen molar-refractivity contribution >= 4 is 11.6 Å². The Morgan fingerprint density at radius 2 is 2.08 bits per heavy atom. The molecule has 1 nitrogen and oxygen atoms in total. The van der Waals surface area contributed by atoms with E-state index < -0.39 is 6.10 Å². The zero-order valence-electron chi connectivity index (χ0n) is 7.46. The maximum Gasteiger partial charge on any atom is 0.0925 e. The summed E-state index contributed by atoms with van der Waals surface area (Å²) in [5, 5.41) is 9.53. The van der Waals surface area contributed by atoms with E-state index in [1.807, 2.05) is 6.07 Å². The quantitative estimate of drug-likeness (QED) is 0.721. The monoisotopic (exact) mass is 196 g/mol. The molecule has 70 valence electrons. The number of hydrogen-bond donors (Lipinski definition) is 1. The van der Waals surface area contributed by atoms with Crippen molar-refractivity contribution in [2.75, 3.05) is 5.88 Å². The molecule has 0 heterocycles. The Bertz CT molecular complexity index is 309. The Labute approximate surface area is 83.3 Å². The zero-order valence-corrected chi connectivity index (χ0v) is 8.22. The average Bonchev–Trinajstić information content (AvgIpc) is 2.63. The molecule has 2 rings (SSSR count). The van der Waals surface area contributed by atoms with Gasteiger partial charge in [0.15, 0.2) is 0 Å². The van der Waals surface area contributed by atoms with Gasteiger partial charge in [-0.3, -0.25) is 0 Å². The van der Waals surface area contributed by atoms with Crippen molar-refractivity contribution in [2.45, 2.75) is 25.4 Å². The summed E-state index contributed by atoms with van der Waals surface area (Å²) in [5.41, 5.74) is 3.78. The van der Waals surface area contributed by atoms with Crippen molar-refractivity contribution < 1.29 is 5.11 Å². The number of hydrogen-bond acceptors (Lipinski definition) is 1. The van der Waals surface area contributed by atoms with Crippen LogP contribution in [0.1, 0.15) is 29.2 Å². The molecule has 0 saturated carbocycles. The van der Waals surface area contributed by atoms with Gasteiger partial charge in [-0.25, -0.2) is 0 Å². The van der Waals surface area contributed by atoms with Crippen molar-refractivity contribution in [1.29, 1.82) is 0 Å². The number of aliphatic hydroxyl groups is 1. The molecule has 0 saturated heterocycles. The lowest BCUT2D eigenvalue weighted by Crippen LogP contribution is -1.99. The fourth-order valence-corrected chi connectivity index (χ4v) is 2.07. The number of halogens is 1. The van der Waals surface area contributed by atoms with Gasteiger partial charge in [-0.2, -0.15) is 0 Å². The van der Waals surface area contributed by atoms with Crippen LogP contribution in [-0.4, -0.2) is 11.0 Å². The Kier molecular flexibility index (Phi) is 2.56. The first-order valence-electron chi connectivity index (χ1n) is 4.67. The van der Waals surface area contributed by atoms with E-state index in [1.165, 1.54) is 24.0 Å². The summed E-state index contributed by atoms with van der Waals surface area (Å²) in [5.74, 6) is 0.277. The third-order valence-corrected chi connectivity index (χ3v) is 2.95. The first kappa shape index (κ1) is 9.04. The lowest BCUT2D eigenvalue weighted by atomic mass is 10.0. The molecule has 0 spiro atoms. The van der Waals surface area contributed by atoms with E-state index in [9.17, 15) is 5.11 Å². The highest BCUT2D eigenvalue weighted by Gasteiger charge is 2.13. The molecule has 0 aliphatic heterocycles. The Morgan fingerprint density at radius 1 is 1.31 bits per heavy atom. The van der Waals surface area contributed by atoms with Crippen LogP contribution in [-0.2, 0) is 12.8 Å². The van der Waals surface area contributed by atoms with Gasteiger partial charge in [-0.05, 0) is 36.0 Å². The van der Waals surface area contributed by atoms with Gasteiger partial charge in [0.25, 0.3) is 0 Å². The van der Waals surface area contributed by atoms with E-state index in [4.69, 9.17) is 11.6 Å². The topological polar surface area (TPSA) is 20.2 Å². The maximum atomic E-state index is 9.53. The van der Waals surface area contributed by atoms with Gasteiger partial charge in [0.2, 0.25) is 0 Å². The molecule has 1 aromatic rings. The van der Waals surface area contributed by atoms with E-state index >= 15 is 0 Å². The minimum absolute atomic E-state index is 0.277. The van der Waals surface area contributed by atoms with Crippen LogP contribution < -0.4 is 0 Å². The minimum Gasteiger partial charge on any atom is -0.387 e. The molecule has 1 atom stereocenters. The predicted molar refractivity (Wildman–Crippen MR) is 54.1 cm³/mol. The second-order valence-electron chi connectivity index (χ2n) is 3.55. The third-order valence-electron chi connectivity index (χ3n) is 2.65. The van der Waals surface area contributed by atoms with Crippen LogP contribution >= 0.6 is 11.6 Å². The van der Waals surface area contributed by atoms with Crippen LogP contribution in [0.5, 0.6) is 0 Å². The highest BCUT2D eigenvalue weighted by molar-refractivity contribution is 6.18. The molecule has 0 bridgehead atoms. The van der Waals surface area contributed by atoms with Crippen LogP contribution in [0.25, 0.3) is 0 Å². The summed E-state index contributed by atoms with van der Waals surface area (Å²) < 4.78 is 0. The second-order valence-corrected chi connectivity index (χ2v) is 3.86. The normalized spacial score (nSPS) is 17.1. The second kappa shape index (κ2) is 3.69. The summed E-state index contributed by atoms with van der Waals surface area (Å²) in [6.45, 7) is 0. The first-order chi connectivity index (χ1) is 6.31. The molecular formula is C11H13ClO. The Morgan fingerprint density at radius 3 is 2.85 bits per heavy atom. The van der Waals surface area contributed by atoms with Crippen molar-refractivity contribution in [2.24, 2.45) is 0 Å². The maximum absolute atomic E-state index is 9.53. The molecule has 0 amide bonds. The molecule has 2 heteroatoms. The largest absolute Gasteiger partial charge is 0.387 e. The fraction of sp³-hybridized carbons (Fsp3) is 0.455. The van der Waals surface area contributed by atoms with Gasteiger partial charge in [-0.1, -0.05) is 18.2 Å². The lowest BCUT2D eigenvalue weighted by Gasteiger charge is -2.08. The lowest BCUT2D eigenvalue weighted by molar-refractivity contribution is 0.202. The van der Waals surface area contributed by atoms with Gasteiger partial charge >= 0.3 is 0 Å². The molecule has 1 N–H and O–H groups in total. The summed E-state index contributed by atoms with van der Waals surface area (Å²) in [7, 11) is 0. The molecule has 0 radical (unpaired) electrons. The number of alkyl halides is 1. The third kappa shape index (κ3) is 1.72. The van der Waals surface area contributed by atoms with Gasteiger partial charge in [0.1, 0.15) is 0 Å². The number of rotatable bonds is 2. The molecule has 1 aliphatic rings. The summed E-state index contributed by atoms with van der Waals surface area (Å²) >= 11 is 5.59. The van der Waals surface area contributed by atoms with E-state index in [0.29, 0.717) is 0 Å². The van der Waals surface area contributed by atoms with Crippen LogP contribution in [0.3, 0.4) is 0 Å². The molecule has 0 fully saturated rings. The van der Waals surface area contributed by atoms with Crippen molar-refractivity contribution in [1.82, 2.24) is 0 Å². The number of aliphatic hydroxyl groups excluding tert-OH is 1. The highest BCUT2D eigenvalue weighted by atomic mass is 35.5. The molecule has 13 heavy (non-hydrogen) atoms. The van der Waals surface area contributed by atoms with Gasteiger partial charge < -0.3 is 5.11 Å². The SMILES string of the molecule is O[C@H](CCl)c1ccc2c(c1)CCC2. The van der Waals surface area contributed by atoms with Crippen LogP contribution in [0, 0.1) is 0 Å². The van der Waals surface area contributed by atoms with Crippen LogP contribution in [0.4, 0.5) is 0 Å². The number of benzene rings is 1. The molecule has 0 aromatic heterocycles. The van der Waals surface area contributed by atoms with E-state index in [2.05, 4.69) is 12.1 Å². The van der Waals surface area contributed by atoms with Crippen molar-refractivity contribution in [3.63, 3.8) is 0 Å². The summed E-state index contributed by atoms with van der Waals surface area (Å²) in [6.07, 6.45) is 3.08. The average molecular weight is 197 g/mol. The summed E-state index contributed by atoms with van der Waals surface area (Å²) in [6, 6.07) is 6.19. The number of fused-ring (bicyclic) bond motifs is 1. The van der Waals surface area contributed by atoms with Gasteiger partial charge in [0, 0.05) is 0 Å².